The molecular formula is C26H37N3O4. The minimum absolute atomic E-state index is 0.0449. The van der Waals surface area contributed by atoms with Crippen LogP contribution in [0.1, 0.15) is 69.9 Å². The van der Waals surface area contributed by atoms with Crippen molar-refractivity contribution in [3.05, 3.63) is 48.5 Å². The predicted molar refractivity (Wildman–Crippen MR) is 128 cm³/mol. The predicted octanol–water partition coefficient (Wildman–Crippen LogP) is 5.36. The van der Waals surface area contributed by atoms with Crippen LogP contribution in [-0.4, -0.2) is 41.6 Å². The number of methoxy groups -OCH3 is 1. The molecule has 3 rings (SSSR count). The number of unbranched alkanes of at least 4 members (excludes halogenated alkanes) is 1. The molecule has 1 aliphatic rings. The summed E-state index contributed by atoms with van der Waals surface area (Å²) in [4.78, 5) is 21.6. The second kappa shape index (κ2) is 13.7. The van der Waals surface area contributed by atoms with Crippen molar-refractivity contribution in [3.8, 4) is 5.75 Å². The lowest BCUT2D eigenvalue weighted by atomic mass is 9.82. The van der Waals surface area contributed by atoms with Crippen LogP contribution in [0.3, 0.4) is 0 Å². The summed E-state index contributed by atoms with van der Waals surface area (Å²) in [5.41, 5.74) is 2.31. The molecule has 1 fully saturated rings. The lowest BCUT2D eigenvalue weighted by Gasteiger charge is -2.29. The van der Waals surface area contributed by atoms with Gasteiger partial charge in [0.1, 0.15) is 12.4 Å². The van der Waals surface area contributed by atoms with Crippen molar-refractivity contribution < 1.29 is 19.1 Å². The molecule has 1 atom stereocenters. The molecule has 0 saturated heterocycles. The summed E-state index contributed by atoms with van der Waals surface area (Å²) in [5.74, 6) is 1.11. The Hall–Kier alpha value is -2.83. The number of imidazole rings is 1. The maximum atomic E-state index is 11.5. The molecule has 0 aliphatic heterocycles. The van der Waals surface area contributed by atoms with E-state index in [-0.39, 0.29) is 12.0 Å². The first-order chi connectivity index (χ1) is 16.2. The fraction of sp³-hybridized carbons (Fsp3) is 0.577. The van der Waals surface area contributed by atoms with Gasteiger partial charge in [-0.2, -0.15) is 0 Å². The van der Waals surface area contributed by atoms with Crippen LogP contribution in [0.2, 0.25) is 0 Å². The SMILES string of the molecule is CCOC(=O)CCCCO/N=C(\C1CCCCC1)C(Cc1ccc(OC)cc1)n1ccnc1. The number of hydrogen-bond acceptors (Lipinski definition) is 6. The van der Waals surface area contributed by atoms with Gasteiger partial charge in [-0.05, 0) is 56.7 Å². The van der Waals surface area contributed by atoms with Crippen LogP contribution < -0.4 is 4.74 Å². The van der Waals surface area contributed by atoms with Crippen LogP contribution in [0.15, 0.2) is 48.1 Å². The molecule has 1 unspecified atom stereocenters. The normalized spacial score (nSPS) is 15.8. The van der Waals surface area contributed by atoms with E-state index in [9.17, 15) is 4.79 Å². The molecule has 0 spiro atoms. The molecule has 1 heterocycles. The van der Waals surface area contributed by atoms with Gasteiger partial charge in [0, 0.05) is 24.7 Å². The number of hydrogen-bond donors (Lipinski definition) is 0. The van der Waals surface area contributed by atoms with Gasteiger partial charge in [0.05, 0.1) is 31.8 Å². The highest BCUT2D eigenvalue weighted by molar-refractivity contribution is 5.90. The molecule has 1 aromatic carbocycles. The van der Waals surface area contributed by atoms with E-state index in [2.05, 4.69) is 21.7 Å². The van der Waals surface area contributed by atoms with Gasteiger partial charge in [0.15, 0.2) is 0 Å². The van der Waals surface area contributed by atoms with Gasteiger partial charge in [-0.15, -0.1) is 0 Å². The maximum Gasteiger partial charge on any atom is 0.305 e. The second-order valence-corrected chi connectivity index (χ2v) is 8.52. The largest absolute Gasteiger partial charge is 0.497 e. The van der Waals surface area contributed by atoms with Crippen molar-refractivity contribution in [2.24, 2.45) is 11.1 Å². The molecule has 180 valence electrons. The summed E-state index contributed by atoms with van der Waals surface area (Å²) < 4.78 is 12.4. The highest BCUT2D eigenvalue weighted by Crippen LogP contribution is 2.31. The van der Waals surface area contributed by atoms with E-state index in [4.69, 9.17) is 19.5 Å². The Morgan fingerprint density at radius 3 is 2.64 bits per heavy atom. The van der Waals surface area contributed by atoms with Crippen molar-refractivity contribution in [1.82, 2.24) is 9.55 Å². The first-order valence-electron chi connectivity index (χ1n) is 12.2. The minimum Gasteiger partial charge on any atom is -0.497 e. The lowest BCUT2D eigenvalue weighted by Crippen LogP contribution is -2.29. The Morgan fingerprint density at radius 1 is 1.18 bits per heavy atom. The Kier molecular flexibility index (Phi) is 10.3. The second-order valence-electron chi connectivity index (χ2n) is 8.52. The Labute approximate surface area is 197 Å². The number of esters is 1. The molecule has 2 aromatic rings. The third kappa shape index (κ3) is 7.91. The first kappa shape index (κ1) is 24.8. The number of oxime groups is 1. The molecule has 1 aromatic heterocycles. The van der Waals surface area contributed by atoms with Gasteiger partial charge < -0.3 is 18.9 Å². The smallest absolute Gasteiger partial charge is 0.305 e. The summed E-state index contributed by atoms with van der Waals surface area (Å²) in [5, 5.41) is 4.71. The average Bonchev–Trinajstić information content (AvgIpc) is 3.38. The molecule has 1 aliphatic carbocycles. The standard InChI is InChI=1S/C26H37N3O4/c1-3-32-25(30)11-7-8-18-33-28-26(22-9-5-4-6-10-22)24(29-17-16-27-20-29)19-21-12-14-23(31-2)15-13-21/h12-17,20,22,24H,3-11,18-19H2,1-2H3/b28-26+. The van der Waals surface area contributed by atoms with Crippen molar-refractivity contribution in [1.29, 1.82) is 0 Å². The number of aromatic nitrogens is 2. The van der Waals surface area contributed by atoms with E-state index < -0.39 is 0 Å². The molecule has 7 heteroatoms. The zero-order chi connectivity index (χ0) is 23.3. The zero-order valence-electron chi connectivity index (χ0n) is 19.9. The van der Waals surface area contributed by atoms with Gasteiger partial charge in [0.2, 0.25) is 0 Å². The van der Waals surface area contributed by atoms with Crippen LogP contribution >= 0.6 is 0 Å². The fourth-order valence-electron chi connectivity index (χ4n) is 4.40. The van der Waals surface area contributed by atoms with Crippen LogP contribution in [0.4, 0.5) is 0 Å². The fourth-order valence-corrected chi connectivity index (χ4v) is 4.40. The molecule has 0 amide bonds. The number of rotatable bonds is 13. The van der Waals surface area contributed by atoms with Gasteiger partial charge in [-0.3, -0.25) is 4.79 Å². The van der Waals surface area contributed by atoms with Gasteiger partial charge >= 0.3 is 5.97 Å². The van der Waals surface area contributed by atoms with E-state index >= 15 is 0 Å². The number of carbonyl (C=O) groups is 1. The van der Waals surface area contributed by atoms with Crippen molar-refractivity contribution in [2.45, 2.75) is 70.8 Å². The van der Waals surface area contributed by atoms with E-state index in [1.165, 1.54) is 24.8 Å². The number of carbonyl (C=O) groups excluding carboxylic acids is 1. The highest BCUT2D eigenvalue weighted by atomic mass is 16.6. The number of nitrogens with zero attached hydrogens (tertiary/aromatic N) is 3. The van der Waals surface area contributed by atoms with Crippen molar-refractivity contribution in [2.75, 3.05) is 20.3 Å². The van der Waals surface area contributed by atoms with Crippen molar-refractivity contribution >= 4 is 11.7 Å². The molecular weight excluding hydrogens is 418 g/mol. The maximum absolute atomic E-state index is 11.5. The quantitative estimate of drug-likeness (QED) is 0.176. The van der Waals surface area contributed by atoms with Crippen LogP contribution in [-0.2, 0) is 20.8 Å². The topological polar surface area (TPSA) is 74.9 Å². The van der Waals surface area contributed by atoms with Crippen LogP contribution in [0.5, 0.6) is 5.75 Å². The van der Waals surface area contributed by atoms with E-state index in [0.29, 0.717) is 25.6 Å². The molecule has 0 N–H and O–H groups in total. The highest BCUT2D eigenvalue weighted by Gasteiger charge is 2.28. The number of ether oxygens (including phenoxy) is 2. The Morgan fingerprint density at radius 2 is 1.97 bits per heavy atom. The third-order valence-corrected chi connectivity index (χ3v) is 6.18. The summed E-state index contributed by atoms with van der Waals surface area (Å²) in [6, 6.07) is 8.26. The summed E-state index contributed by atoms with van der Waals surface area (Å²) in [6.45, 7) is 2.74. The zero-order valence-corrected chi connectivity index (χ0v) is 19.9. The van der Waals surface area contributed by atoms with Gasteiger partial charge in [-0.25, -0.2) is 4.98 Å². The minimum atomic E-state index is -0.149. The van der Waals surface area contributed by atoms with Gasteiger partial charge in [0.25, 0.3) is 0 Å². The van der Waals surface area contributed by atoms with Crippen molar-refractivity contribution in [3.63, 3.8) is 0 Å². The lowest BCUT2D eigenvalue weighted by molar-refractivity contribution is -0.143. The van der Waals surface area contributed by atoms with Gasteiger partial charge in [-0.1, -0.05) is 36.6 Å². The molecule has 0 radical (unpaired) electrons. The van der Waals surface area contributed by atoms with E-state index in [0.717, 1.165) is 43.6 Å². The molecule has 33 heavy (non-hydrogen) atoms. The van der Waals surface area contributed by atoms with E-state index in [1.54, 1.807) is 7.11 Å². The summed E-state index contributed by atoms with van der Waals surface area (Å²) >= 11 is 0. The number of benzene rings is 1. The van der Waals surface area contributed by atoms with Crippen LogP contribution in [0, 0.1) is 5.92 Å². The van der Waals surface area contributed by atoms with E-state index in [1.807, 2.05) is 37.8 Å². The average molecular weight is 456 g/mol. The molecule has 1 saturated carbocycles. The molecule has 0 bridgehead atoms. The third-order valence-electron chi connectivity index (χ3n) is 6.18. The van der Waals surface area contributed by atoms with Crippen LogP contribution in [0.25, 0.3) is 0 Å². The first-order valence-corrected chi connectivity index (χ1v) is 12.2. The molecule has 7 nitrogen and oxygen atoms in total. The Balaban J connectivity index is 1.71. The Bertz CT molecular complexity index is 843. The summed E-state index contributed by atoms with van der Waals surface area (Å²) in [6.07, 6.45) is 14.4. The summed E-state index contributed by atoms with van der Waals surface area (Å²) in [7, 11) is 1.68. The monoisotopic (exact) mass is 455 g/mol.